The summed E-state index contributed by atoms with van der Waals surface area (Å²) >= 11 is 0. The van der Waals surface area contributed by atoms with Crippen LogP contribution in [0, 0.1) is 11.8 Å². The zero-order valence-corrected chi connectivity index (χ0v) is 16.3. The quantitative estimate of drug-likeness (QED) is 0.833. The van der Waals surface area contributed by atoms with Gasteiger partial charge in [0.25, 0.3) is 0 Å². The fourth-order valence-corrected chi connectivity index (χ4v) is 5.38. The minimum absolute atomic E-state index is 0.0142. The molecule has 2 aromatic rings. The van der Waals surface area contributed by atoms with Crippen LogP contribution in [0.4, 0.5) is 4.79 Å². The van der Waals surface area contributed by atoms with Gasteiger partial charge >= 0.3 is 12.1 Å². The van der Waals surface area contributed by atoms with Crippen LogP contribution in [0.25, 0.3) is 11.1 Å². The summed E-state index contributed by atoms with van der Waals surface area (Å²) in [5, 5.41) is 9.76. The monoisotopic (exact) mass is 391 g/mol. The molecule has 1 N–H and O–H groups in total. The molecule has 0 bridgehead atoms. The average Bonchev–Trinajstić information content (AvgIpc) is 3.25. The molecular weight excluding hydrogens is 366 g/mol. The number of rotatable bonds is 4. The molecular formula is C24H25NO4. The Kier molecular flexibility index (Phi) is 4.53. The van der Waals surface area contributed by atoms with E-state index in [2.05, 4.69) is 24.3 Å². The highest BCUT2D eigenvalue weighted by atomic mass is 16.6. The fourth-order valence-electron chi connectivity index (χ4n) is 5.38. The first-order valence-electron chi connectivity index (χ1n) is 10.5. The number of nitrogens with zero attached hydrogens (tertiary/aromatic N) is 1. The van der Waals surface area contributed by atoms with E-state index in [1.165, 1.54) is 22.4 Å². The first kappa shape index (κ1) is 18.2. The zero-order chi connectivity index (χ0) is 20.0. The van der Waals surface area contributed by atoms with Crippen LogP contribution >= 0.6 is 0 Å². The Morgan fingerprint density at radius 3 is 2.14 bits per heavy atom. The van der Waals surface area contributed by atoms with Crippen LogP contribution < -0.4 is 0 Å². The van der Waals surface area contributed by atoms with E-state index in [0.717, 1.165) is 30.4 Å². The highest BCUT2D eigenvalue weighted by Gasteiger charge is 2.47. The number of fused-ring (bicyclic) bond motifs is 3. The number of amides is 1. The minimum atomic E-state index is -0.909. The number of aliphatic carboxylic acids is 1. The topological polar surface area (TPSA) is 66.8 Å². The Morgan fingerprint density at radius 2 is 1.59 bits per heavy atom. The summed E-state index contributed by atoms with van der Waals surface area (Å²) in [6.07, 6.45) is 3.57. The van der Waals surface area contributed by atoms with Crippen molar-refractivity contribution in [2.75, 3.05) is 13.2 Å². The molecule has 2 fully saturated rings. The molecule has 150 valence electrons. The maximum absolute atomic E-state index is 12.9. The fraction of sp³-hybridized carbons (Fsp3) is 0.417. The van der Waals surface area contributed by atoms with E-state index in [1.807, 2.05) is 24.3 Å². The largest absolute Gasteiger partial charge is 0.480 e. The number of carbonyl (C=O) groups excluding carboxylic acids is 1. The molecule has 2 atom stereocenters. The van der Waals surface area contributed by atoms with Crippen LogP contribution in [-0.2, 0) is 9.53 Å². The van der Waals surface area contributed by atoms with Crippen molar-refractivity contribution < 1.29 is 19.4 Å². The van der Waals surface area contributed by atoms with Crippen molar-refractivity contribution in [1.82, 2.24) is 4.90 Å². The van der Waals surface area contributed by atoms with E-state index in [0.29, 0.717) is 12.5 Å². The third-order valence-corrected chi connectivity index (χ3v) is 7.02. The molecule has 2 aliphatic carbocycles. The number of ether oxygens (including phenoxy) is 1. The summed E-state index contributed by atoms with van der Waals surface area (Å²) in [7, 11) is 0. The van der Waals surface area contributed by atoms with Gasteiger partial charge in [0, 0.05) is 12.5 Å². The average molecular weight is 391 g/mol. The van der Waals surface area contributed by atoms with E-state index in [1.54, 1.807) is 0 Å². The molecule has 29 heavy (non-hydrogen) atoms. The summed E-state index contributed by atoms with van der Waals surface area (Å²) in [6.45, 7) is 0.693. The third-order valence-electron chi connectivity index (χ3n) is 7.02. The third kappa shape index (κ3) is 3.00. The summed E-state index contributed by atoms with van der Waals surface area (Å²) in [6, 6.07) is 15.6. The molecule has 1 amide bonds. The second kappa shape index (κ2) is 7.21. The predicted molar refractivity (Wildman–Crippen MR) is 109 cm³/mol. The lowest BCUT2D eigenvalue weighted by Crippen LogP contribution is -2.46. The lowest BCUT2D eigenvalue weighted by atomic mass is 9.73. The van der Waals surface area contributed by atoms with Gasteiger partial charge in [0.15, 0.2) is 0 Å². The number of carbonyl (C=O) groups is 2. The maximum atomic E-state index is 12.9. The Hall–Kier alpha value is -2.82. The summed E-state index contributed by atoms with van der Waals surface area (Å²) in [4.78, 5) is 26.2. The summed E-state index contributed by atoms with van der Waals surface area (Å²) < 4.78 is 5.71. The smallest absolute Gasteiger partial charge is 0.410 e. The predicted octanol–water partition coefficient (Wildman–Crippen LogP) is 4.51. The van der Waals surface area contributed by atoms with Gasteiger partial charge in [0.1, 0.15) is 12.6 Å². The molecule has 0 aromatic heterocycles. The Morgan fingerprint density at radius 1 is 0.966 bits per heavy atom. The number of hydrogen-bond donors (Lipinski definition) is 1. The highest BCUT2D eigenvalue weighted by molar-refractivity contribution is 5.82. The standard InChI is InChI=1S/C24H25NO4/c26-23(27)22-16(15-6-5-7-15)12-13-25(22)24(28)29-14-21-19-10-3-1-8-17(19)18-9-2-4-11-20(18)21/h1-4,8-11,15-16,21-22H,5-7,12-14H2,(H,26,27)/t16-,22-/m1/s1. The highest BCUT2D eigenvalue weighted by Crippen LogP contribution is 2.45. The van der Waals surface area contributed by atoms with E-state index in [4.69, 9.17) is 4.74 Å². The molecule has 5 nitrogen and oxygen atoms in total. The number of carboxylic acid groups (broad SMARTS) is 1. The van der Waals surface area contributed by atoms with Crippen LogP contribution in [-0.4, -0.2) is 41.3 Å². The van der Waals surface area contributed by atoms with Crippen molar-refractivity contribution in [1.29, 1.82) is 0 Å². The van der Waals surface area contributed by atoms with Gasteiger partial charge < -0.3 is 9.84 Å². The van der Waals surface area contributed by atoms with Crippen molar-refractivity contribution >= 4 is 12.1 Å². The SMILES string of the molecule is O=C(O)[C@H]1[C@@H](C2CCC2)CCN1C(=O)OCC1c2ccccc2-c2ccccc21. The molecule has 0 spiro atoms. The Bertz CT molecular complexity index is 906. The van der Waals surface area contributed by atoms with Gasteiger partial charge in [-0.15, -0.1) is 0 Å². The molecule has 1 aliphatic heterocycles. The van der Waals surface area contributed by atoms with Gasteiger partial charge in [-0.05, 0) is 40.5 Å². The molecule has 1 saturated heterocycles. The van der Waals surface area contributed by atoms with Crippen LogP contribution in [0.2, 0.25) is 0 Å². The Labute approximate surface area is 170 Å². The van der Waals surface area contributed by atoms with Crippen LogP contribution in [0.1, 0.15) is 42.7 Å². The van der Waals surface area contributed by atoms with Crippen molar-refractivity contribution in [2.45, 2.75) is 37.6 Å². The summed E-state index contributed by atoms with van der Waals surface area (Å²) in [5.74, 6) is -0.434. The molecule has 1 heterocycles. The van der Waals surface area contributed by atoms with Crippen molar-refractivity contribution in [3.8, 4) is 11.1 Å². The molecule has 5 rings (SSSR count). The van der Waals surface area contributed by atoms with E-state index < -0.39 is 18.1 Å². The van der Waals surface area contributed by atoms with E-state index in [9.17, 15) is 14.7 Å². The normalized spacial score (nSPS) is 23.4. The summed E-state index contributed by atoms with van der Waals surface area (Å²) in [5.41, 5.74) is 4.67. The van der Waals surface area contributed by atoms with Crippen molar-refractivity contribution in [2.24, 2.45) is 11.8 Å². The van der Waals surface area contributed by atoms with Gasteiger partial charge in [0.2, 0.25) is 0 Å². The van der Waals surface area contributed by atoms with Crippen molar-refractivity contribution in [3.63, 3.8) is 0 Å². The van der Waals surface area contributed by atoms with Gasteiger partial charge in [0.05, 0.1) is 0 Å². The first-order valence-corrected chi connectivity index (χ1v) is 10.5. The lowest BCUT2D eigenvalue weighted by molar-refractivity contribution is -0.144. The second-order valence-electron chi connectivity index (χ2n) is 8.42. The van der Waals surface area contributed by atoms with Gasteiger partial charge in [-0.2, -0.15) is 0 Å². The van der Waals surface area contributed by atoms with Gasteiger partial charge in [-0.3, -0.25) is 4.90 Å². The van der Waals surface area contributed by atoms with Crippen LogP contribution in [0.5, 0.6) is 0 Å². The number of carboxylic acids is 1. The van der Waals surface area contributed by atoms with E-state index >= 15 is 0 Å². The molecule has 5 heteroatoms. The molecule has 2 aromatic carbocycles. The number of likely N-dealkylation sites (tertiary alicyclic amines) is 1. The number of benzene rings is 2. The minimum Gasteiger partial charge on any atom is -0.480 e. The molecule has 1 saturated carbocycles. The van der Waals surface area contributed by atoms with Gasteiger partial charge in [-0.25, -0.2) is 9.59 Å². The van der Waals surface area contributed by atoms with E-state index in [-0.39, 0.29) is 18.4 Å². The lowest BCUT2D eigenvalue weighted by Gasteiger charge is -2.34. The van der Waals surface area contributed by atoms with Crippen LogP contribution in [0.3, 0.4) is 0 Å². The first-order chi connectivity index (χ1) is 14.1. The zero-order valence-electron chi connectivity index (χ0n) is 16.3. The second-order valence-corrected chi connectivity index (χ2v) is 8.42. The molecule has 3 aliphatic rings. The molecule has 0 radical (unpaired) electrons. The maximum Gasteiger partial charge on any atom is 0.410 e. The van der Waals surface area contributed by atoms with Gasteiger partial charge in [-0.1, -0.05) is 67.8 Å². The molecule has 0 unspecified atom stereocenters. The number of hydrogen-bond acceptors (Lipinski definition) is 3. The van der Waals surface area contributed by atoms with Crippen molar-refractivity contribution in [3.05, 3.63) is 59.7 Å². The van der Waals surface area contributed by atoms with Crippen LogP contribution in [0.15, 0.2) is 48.5 Å². The Balaban J connectivity index is 1.33.